The maximum absolute atomic E-state index is 14.4. The zero-order valence-corrected chi connectivity index (χ0v) is 18.8. The Morgan fingerprint density at radius 2 is 1.88 bits per heavy atom. The summed E-state index contributed by atoms with van der Waals surface area (Å²) in [5.74, 6) is -2.45. The lowest BCUT2D eigenvalue weighted by Crippen LogP contribution is -2.50. The van der Waals surface area contributed by atoms with Gasteiger partial charge in [-0.15, -0.1) is 0 Å². The van der Waals surface area contributed by atoms with Crippen molar-refractivity contribution in [2.75, 3.05) is 18.1 Å². The fourth-order valence-corrected chi connectivity index (χ4v) is 4.11. The molecule has 1 fully saturated rings. The maximum Gasteiger partial charge on any atom is 0.433 e. The molecule has 2 N–H and O–H groups in total. The van der Waals surface area contributed by atoms with Gasteiger partial charge in [-0.3, -0.25) is 14.5 Å². The standard InChI is InChI=1S/C21H23F4N3O4S/c1-12(13-4-8-17(16(22)10-13)28-33(3,30)31)19(29)27-20(32-2,14-5-6-14)15-7-9-18(26-11-15)21(23,24)25/h4,7-12,14,28H,5-6H2,1-3H3,(H,27,29). The van der Waals surface area contributed by atoms with E-state index in [0.29, 0.717) is 12.8 Å². The molecule has 0 radical (unpaired) electrons. The van der Waals surface area contributed by atoms with Gasteiger partial charge in [0.05, 0.1) is 17.9 Å². The van der Waals surface area contributed by atoms with Crippen molar-refractivity contribution in [1.82, 2.24) is 10.3 Å². The quantitative estimate of drug-likeness (QED) is 0.435. The molecule has 2 unspecified atom stereocenters. The average Bonchev–Trinajstić information content (AvgIpc) is 3.57. The molecule has 1 amide bonds. The first-order valence-electron chi connectivity index (χ1n) is 9.95. The van der Waals surface area contributed by atoms with E-state index in [1.54, 1.807) is 0 Å². The first kappa shape index (κ1) is 24.9. The van der Waals surface area contributed by atoms with Gasteiger partial charge in [-0.05, 0) is 43.5 Å². The van der Waals surface area contributed by atoms with Gasteiger partial charge in [0.15, 0.2) is 5.72 Å². The number of hydrogen-bond acceptors (Lipinski definition) is 5. The number of aromatic nitrogens is 1. The summed E-state index contributed by atoms with van der Waals surface area (Å²) in [6, 6.07) is 5.70. The minimum absolute atomic E-state index is 0.171. The van der Waals surface area contributed by atoms with Crippen molar-refractivity contribution in [2.45, 2.75) is 37.6 Å². The Kier molecular flexibility index (Phi) is 6.72. The van der Waals surface area contributed by atoms with Gasteiger partial charge in [0.1, 0.15) is 11.5 Å². The summed E-state index contributed by atoms with van der Waals surface area (Å²) >= 11 is 0. The maximum atomic E-state index is 14.4. The fourth-order valence-electron chi connectivity index (χ4n) is 3.54. The minimum Gasteiger partial charge on any atom is -0.354 e. The zero-order valence-electron chi connectivity index (χ0n) is 18.0. The van der Waals surface area contributed by atoms with Crippen LogP contribution in [0.15, 0.2) is 36.5 Å². The van der Waals surface area contributed by atoms with Crippen molar-refractivity contribution in [3.05, 3.63) is 59.2 Å². The summed E-state index contributed by atoms with van der Waals surface area (Å²) in [4.78, 5) is 16.5. The molecule has 2 atom stereocenters. The molecule has 180 valence electrons. The first-order valence-corrected chi connectivity index (χ1v) is 11.8. The number of pyridine rings is 1. The second kappa shape index (κ2) is 8.90. The number of rotatable bonds is 8. The van der Waals surface area contributed by atoms with Crippen molar-refractivity contribution in [1.29, 1.82) is 0 Å². The zero-order chi connectivity index (χ0) is 24.6. The van der Waals surface area contributed by atoms with Crippen LogP contribution in [0.3, 0.4) is 0 Å². The summed E-state index contributed by atoms with van der Waals surface area (Å²) in [5.41, 5.74) is -2.17. The Labute approximate surface area is 188 Å². The lowest BCUT2D eigenvalue weighted by molar-refractivity contribution is -0.142. The largest absolute Gasteiger partial charge is 0.433 e. The molecule has 2 aromatic rings. The smallest absolute Gasteiger partial charge is 0.354 e. The number of nitrogens with one attached hydrogen (secondary N) is 2. The van der Waals surface area contributed by atoms with Crippen LogP contribution in [0.5, 0.6) is 0 Å². The fraction of sp³-hybridized carbons (Fsp3) is 0.429. The Morgan fingerprint density at radius 3 is 2.33 bits per heavy atom. The molecule has 0 saturated heterocycles. The van der Waals surface area contributed by atoms with Gasteiger partial charge in [-0.2, -0.15) is 13.2 Å². The van der Waals surface area contributed by atoms with Crippen LogP contribution < -0.4 is 10.0 Å². The number of carbonyl (C=O) groups is 1. The average molecular weight is 489 g/mol. The number of hydrogen-bond donors (Lipinski definition) is 2. The van der Waals surface area contributed by atoms with E-state index in [1.807, 2.05) is 4.72 Å². The third kappa shape index (κ3) is 5.61. The molecule has 3 rings (SSSR count). The molecule has 1 aliphatic carbocycles. The van der Waals surface area contributed by atoms with Crippen LogP contribution in [0.4, 0.5) is 23.2 Å². The van der Waals surface area contributed by atoms with Crippen LogP contribution in [0.1, 0.15) is 42.5 Å². The highest BCUT2D eigenvalue weighted by Crippen LogP contribution is 2.46. The second-order valence-corrected chi connectivity index (χ2v) is 9.72. The van der Waals surface area contributed by atoms with E-state index >= 15 is 0 Å². The van der Waals surface area contributed by atoms with Crippen molar-refractivity contribution < 1.29 is 35.5 Å². The van der Waals surface area contributed by atoms with Crippen molar-refractivity contribution >= 4 is 21.6 Å². The van der Waals surface area contributed by atoms with Crippen molar-refractivity contribution in [3.63, 3.8) is 0 Å². The molecule has 1 aromatic carbocycles. The highest BCUT2D eigenvalue weighted by molar-refractivity contribution is 7.92. The molecule has 12 heteroatoms. The second-order valence-electron chi connectivity index (χ2n) is 7.97. The number of amides is 1. The number of carbonyl (C=O) groups excluding carboxylic acids is 1. The normalized spacial score (nSPS) is 17.2. The number of benzene rings is 1. The van der Waals surface area contributed by atoms with Crippen LogP contribution >= 0.6 is 0 Å². The SMILES string of the molecule is COC(NC(=O)C(C)c1ccc(NS(C)(=O)=O)c(F)c1)(c1ccc(C(F)(F)F)nc1)C1CC1. The molecule has 1 heterocycles. The number of halogens is 4. The highest BCUT2D eigenvalue weighted by atomic mass is 32.2. The lowest BCUT2D eigenvalue weighted by Gasteiger charge is -2.35. The number of anilines is 1. The Morgan fingerprint density at radius 1 is 1.21 bits per heavy atom. The Hall–Kier alpha value is -2.73. The molecule has 1 aromatic heterocycles. The molecule has 1 aliphatic rings. The molecule has 0 bridgehead atoms. The summed E-state index contributed by atoms with van der Waals surface area (Å²) in [6.45, 7) is 1.52. The topological polar surface area (TPSA) is 97.4 Å². The first-order chi connectivity index (χ1) is 15.3. The third-order valence-electron chi connectivity index (χ3n) is 5.45. The van der Waals surface area contributed by atoms with Gasteiger partial charge in [0, 0.05) is 24.8 Å². The van der Waals surface area contributed by atoms with E-state index in [2.05, 4.69) is 10.3 Å². The van der Waals surface area contributed by atoms with Crippen LogP contribution in [0.25, 0.3) is 0 Å². The van der Waals surface area contributed by atoms with Gasteiger partial charge in [-0.1, -0.05) is 12.1 Å². The molecule has 1 saturated carbocycles. The van der Waals surface area contributed by atoms with Crippen LogP contribution in [-0.4, -0.2) is 32.7 Å². The van der Waals surface area contributed by atoms with E-state index in [9.17, 15) is 30.8 Å². The van der Waals surface area contributed by atoms with Crippen molar-refractivity contribution in [3.8, 4) is 0 Å². The van der Waals surface area contributed by atoms with Crippen LogP contribution in [-0.2, 0) is 31.5 Å². The number of nitrogens with zero attached hydrogens (tertiary/aromatic N) is 1. The number of ether oxygens (including phenoxy) is 1. The highest BCUT2D eigenvalue weighted by Gasteiger charge is 2.49. The van der Waals surface area contributed by atoms with Gasteiger partial charge >= 0.3 is 6.18 Å². The Balaban J connectivity index is 1.85. The van der Waals surface area contributed by atoms with E-state index in [1.165, 1.54) is 32.2 Å². The number of methoxy groups -OCH3 is 1. The molecule has 7 nitrogen and oxygen atoms in total. The minimum atomic E-state index is -4.60. The van der Waals surface area contributed by atoms with Gasteiger partial charge < -0.3 is 10.1 Å². The van der Waals surface area contributed by atoms with Gasteiger partial charge in [0.25, 0.3) is 0 Å². The van der Waals surface area contributed by atoms with Crippen LogP contribution in [0.2, 0.25) is 0 Å². The summed E-state index contributed by atoms with van der Waals surface area (Å²) < 4.78 is 83.4. The predicted octanol–water partition coefficient (Wildman–Crippen LogP) is 3.74. The molecular weight excluding hydrogens is 466 g/mol. The molecular formula is C21H23F4N3O4S. The van der Waals surface area contributed by atoms with Gasteiger partial charge in [0.2, 0.25) is 15.9 Å². The monoisotopic (exact) mass is 489 g/mol. The third-order valence-corrected chi connectivity index (χ3v) is 6.04. The van der Waals surface area contributed by atoms with Crippen molar-refractivity contribution in [2.24, 2.45) is 5.92 Å². The van der Waals surface area contributed by atoms with E-state index in [0.717, 1.165) is 24.6 Å². The van der Waals surface area contributed by atoms with E-state index in [-0.39, 0.29) is 22.7 Å². The van der Waals surface area contributed by atoms with E-state index in [4.69, 9.17) is 4.74 Å². The lowest BCUT2D eigenvalue weighted by atomic mass is 9.95. The number of alkyl halides is 3. The Bertz CT molecular complexity index is 1140. The summed E-state index contributed by atoms with van der Waals surface area (Å²) in [5, 5.41) is 2.77. The number of sulfonamides is 1. The molecule has 0 aliphatic heterocycles. The molecule has 0 spiro atoms. The molecule has 33 heavy (non-hydrogen) atoms. The van der Waals surface area contributed by atoms with Gasteiger partial charge in [-0.25, -0.2) is 12.8 Å². The van der Waals surface area contributed by atoms with E-state index < -0.39 is 45.3 Å². The summed E-state index contributed by atoms with van der Waals surface area (Å²) in [6.07, 6.45) is -1.32. The summed E-state index contributed by atoms with van der Waals surface area (Å²) in [7, 11) is -2.34. The van der Waals surface area contributed by atoms with Crippen LogP contribution in [0, 0.1) is 11.7 Å². The predicted molar refractivity (Wildman–Crippen MR) is 112 cm³/mol.